The van der Waals surface area contributed by atoms with Crippen molar-refractivity contribution in [2.24, 2.45) is 0 Å². The Hall–Kier alpha value is -3.70. The maximum Gasteiger partial charge on any atom is 0.280 e. The van der Waals surface area contributed by atoms with Gasteiger partial charge in [-0.15, -0.1) is 0 Å². The highest BCUT2D eigenvalue weighted by molar-refractivity contribution is 7.17. The van der Waals surface area contributed by atoms with E-state index in [2.05, 4.69) is 35.0 Å². The lowest BCUT2D eigenvalue weighted by molar-refractivity contribution is 0.0920. The molecule has 36 heavy (non-hydrogen) atoms. The number of fused-ring (bicyclic) bond motifs is 1. The van der Waals surface area contributed by atoms with Crippen molar-refractivity contribution in [3.8, 4) is 22.9 Å². The number of aromatic amines is 1. The number of rotatable bonds is 5. The van der Waals surface area contributed by atoms with Gasteiger partial charge in [0.1, 0.15) is 33.5 Å². The van der Waals surface area contributed by atoms with Crippen LogP contribution in [0.2, 0.25) is 4.34 Å². The molecule has 6 rings (SSSR count). The molecule has 9 nitrogen and oxygen atoms in total. The number of halogens is 2. The Labute approximate surface area is 213 Å². The van der Waals surface area contributed by atoms with E-state index in [0.29, 0.717) is 44.2 Å². The van der Waals surface area contributed by atoms with E-state index in [4.69, 9.17) is 16.6 Å². The van der Waals surface area contributed by atoms with Crippen LogP contribution in [0.25, 0.3) is 33.9 Å². The van der Waals surface area contributed by atoms with E-state index in [1.165, 1.54) is 18.6 Å². The summed E-state index contributed by atoms with van der Waals surface area (Å²) in [5.41, 5.74) is 2.50. The SMILES string of the molecule is O=C(NC1CCCC(n2c(-c3ccccc3F)nc3cnc(-c4ncn[nH]4)cc32)C1)c1ncc(Cl)s1. The van der Waals surface area contributed by atoms with Gasteiger partial charge < -0.3 is 9.88 Å². The number of nitrogens with one attached hydrogen (secondary N) is 2. The van der Waals surface area contributed by atoms with Gasteiger partial charge in [-0.3, -0.25) is 14.9 Å². The molecule has 1 aliphatic rings. The van der Waals surface area contributed by atoms with Crippen molar-refractivity contribution in [3.63, 3.8) is 0 Å². The number of carbonyl (C=O) groups is 1. The summed E-state index contributed by atoms with van der Waals surface area (Å²) in [6.07, 6.45) is 7.83. The number of hydrogen-bond donors (Lipinski definition) is 2. The molecule has 1 aromatic carbocycles. The molecule has 4 aromatic heterocycles. The second kappa shape index (κ2) is 9.40. The van der Waals surface area contributed by atoms with Gasteiger partial charge in [-0.2, -0.15) is 5.10 Å². The molecule has 0 bridgehead atoms. The minimum Gasteiger partial charge on any atom is -0.347 e. The predicted octanol–water partition coefficient (Wildman–Crippen LogP) is 5.05. The number of aromatic nitrogens is 7. The van der Waals surface area contributed by atoms with Gasteiger partial charge in [0.15, 0.2) is 10.8 Å². The molecule has 1 aliphatic carbocycles. The van der Waals surface area contributed by atoms with Crippen LogP contribution >= 0.6 is 22.9 Å². The summed E-state index contributed by atoms with van der Waals surface area (Å²) in [7, 11) is 0. The lowest BCUT2D eigenvalue weighted by Gasteiger charge is -2.32. The third-order valence-corrected chi connectivity index (χ3v) is 7.48. The highest BCUT2D eigenvalue weighted by atomic mass is 35.5. The predicted molar refractivity (Wildman–Crippen MR) is 134 cm³/mol. The van der Waals surface area contributed by atoms with Crippen LogP contribution in [0.3, 0.4) is 0 Å². The fourth-order valence-electron chi connectivity index (χ4n) is 4.80. The van der Waals surface area contributed by atoms with Crippen LogP contribution in [0.4, 0.5) is 4.39 Å². The summed E-state index contributed by atoms with van der Waals surface area (Å²) < 4.78 is 17.5. The maximum absolute atomic E-state index is 14.9. The lowest BCUT2D eigenvalue weighted by atomic mass is 9.90. The largest absolute Gasteiger partial charge is 0.347 e. The molecular weight excluding hydrogens is 503 g/mol. The van der Waals surface area contributed by atoms with Crippen molar-refractivity contribution >= 4 is 39.9 Å². The van der Waals surface area contributed by atoms with Gasteiger partial charge in [0.05, 0.1) is 23.5 Å². The topological polar surface area (TPSA) is 114 Å². The van der Waals surface area contributed by atoms with Gasteiger partial charge in [-0.1, -0.05) is 35.1 Å². The number of H-pyrrole nitrogens is 1. The first-order chi connectivity index (χ1) is 17.6. The molecule has 0 saturated heterocycles. The van der Waals surface area contributed by atoms with Crippen molar-refractivity contribution in [1.29, 1.82) is 0 Å². The van der Waals surface area contributed by atoms with Gasteiger partial charge in [0, 0.05) is 12.1 Å². The molecule has 12 heteroatoms. The van der Waals surface area contributed by atoms with E-state index in [9.17, 15) is 9.18 Å². The molecule has 2 N–H and O–H groups in total. The average molecular weight is 523 g/mol. The third-order valence-electron chi connectivity index (χ3n) is 6.37. The minimum absolute atomic E-state index is 0.0199. The highest BCUT2D eigenvalue weighted by Crippen LogP contribution is 2.37. The van der Waals surface area contributed by atoms with Gasteiger partial charge in [-0.05, 0) is 43.9 Å². The van der Waals surface area contributed by atoms with Gasteiger partial charge in [0.2, 0.25) is 0 Å². The minimum atomic E-state index is -0.348. The fourth-order valence-corrected chi connectivity index (χ4v) is 5.61. The molecule has 0 radical (unpaired) electrons. The van der Waals surface area contributed by atoms with E-state index >= 15 is 0 Å². The first-order valence-electron chi connectivity index (χ1n) is 11.5. The molecule has 1 fully saturated rings. The van der Waals surface area contributed by atoms with Crippen molar-refractivity contribution in [3.05, 3.63) is 64.2 Å². The number of benzene rings is 1. The second-order valence-electron chi connectivity index (χ2n) is 8.64. The second-order valence-corrected chi connectivity index (χ2v) is 10.3. The third kappa shape index (κ3) is 4.24. The average Bonchev–Trinajstić information content (AvgIpc) is 3.64. The Balaban J connectivity index is 1.40. The molecule has 2 unspecified atom stereocenters. The van der Waals surface area contributed by atoms with E-state index in [0.717, 1.165) is 36.1 Å². The first-order valence-corrected chi connectivity index (χ1v) is 12.7. The van der Waals surface area contributed by atoms with E-state index in [1.54, 1.807) is 24.4 Å². The molecule has 5 aromatic rings. The Kier molecular flexibility index (Phi) is 5.94. The number of nitrogens with zero attached hydrogens (tertiary/aromatic N) is 6. The van der Waals surface area contributed by atoms with E-state index < -0.39 is 0 Å². The Morgan fingerprint density at radius 1 is 1.19 bits per heavy atom. The van der Waals surface area contributed by atoms with Gasteiger partial charge in [0.25, 0.3) is 5.91 Å². The molecule has 182 valence electrons. The Bertz CT molecular complexity index is 1550. The number of imidazole rings is 1. The quantitative estimate of drug-likeness (QED) is 0.334. The molecule has 0 spiro atoms. The van der Waals surface area contributed by atoms with Gasteiger partial charge >= 0.3 is 0 Å². The molecule has 1 saturated carbocycles. The van der Waals surface area contributed by atoms with Crippen LogP contribution in [-0.2, 0) is 0 Å². The number of carbonyl (C=O) groups excluding carboxylic acids is 1. The Morgan fingerprint density at radius 3 is 2.86 bits per heavy atom. The van der Waals surface area contributed by atoms with E-state index in [-0.39, 0.29) is 23.8 Å². The van der Waals surface area contributed by atoms with Crippen LogP contribution < -0.4 is 5.32 Å². The summed E-state index contributed by atoms with van der Waals surface area (Å²) in [5.74, 6) is 0.481. The standard InChI is InChI=1S/C24H20ClFN8OS/c25-20-11-28-24(36-20)23(35)31-13-4-3-5-14(8-13)34-19-9-17(21-29-12-30-33-21)27-10-18(19)32-22(34)15-6-1-2-7-16(15)26/h1-2,6-7,9-14H,3-5,8H2,(H,31,35)(H,29,30,33). The van der Waals surface area contributed by atoms with Crippen LogP contribution in [0, 0.1) is 5.82 Å². The summed E-state index contributed by atoms with van der Waals surface area (Å²) in [4.78, 5) is 30.3. The summed E-state index contributed by atoms with van der Waals surface area (Å²) in [6.45, 7) is 0. The summed E-state index contributed by atoms with van der Waals surface area (Å²) >= 11 is 7.10. The fraction of sp³-hybridized carbons (Fsp3) is 0.250. The monoisotopic (exact) mass is 522 g/mol. The zero-order valence-electron chi connectivity index (χ0n) is 18.9. The molecule has 0 aliphatic heterocycles. The smallest absolute Gasteiger partial charge is 0.280 e. The zero-order valence-corrected chi connectivity index (χ0v) is 20.4. The normalized spacial score (nSPS) is 17.9. The van der Waals surface area contributed by atoms with Crippen LogP contribution in [0.5, 0.6) is 0 Å². The number of amides is 1. The van der Waals surface area contributed by atoms with Crippen LogP contribution in [-0.4, -0.2) is 46.6 Å². The van der Waals surface area contributed by atoms with Crippen molar-refractivity contribution in [2.75, 3.05) is 0 Å². The van der Waals surface area contributed by atoms with E-state index in [1.807, 2.05) is 6.07 Å². The molecule has 1 amide bonds. The molecule has 2 atom stereocenters. The molecule has 4 heterocycles. The van der Waals surface area contributed by atoms with Crippen molar-refractivity contribution in [1.82, 2.24) is 40.0 Å². The van der Waals surface area contributed by atoms with Crippen molar-refractivity contribution < 1.29 is 9.18 Å². The highest BCUT2D eigenvalue weighted by Gasteiger charge is 2.29. The summed E-state index contributed by atoms with van der Waals surface area (Å²) in [5, 5.41) is 10.2. The Morgan fingerprint density at radius 2 is 2.08 bits per heavy atom. The zero-order chi connectivity index (χ0) is 24.6. The van der Waals surface area contributed by atoms with Crippen molar-refractivity contribution in [2.45, 2.75) is 37.8 Å². The lowest BCUT2D eigenvalue weighted by Crippen LogP contribution is -2.39. The number of thiazole rings is 1. The number of pyridine rings is 1. The maximum atomic E-state index is 14.9. The first kappa shape index (κ1) is 22.7. The molecular formula is C24H20ClFN8OS. The summed E-state index contributed by atoms with van der Waals surface area (Å²) in [6, 6.07) is 8.42. The van der Waals surface area contributed by atoms with Crippen LogP contribution in [0.1, 0.15) is 41.5 Å². The van der Waals surface area contributed by atoms with Gasteiger partial charge in [-0.25, -0.2) is 19.3 Å². The number of hydrogen-bond acceptors (Lipinski definition) is 7. The van der Waals surface area contributed by atoms with Crippen LogP contribution in [0.15, 0.2) is 49.1 Å².